The zero-order chi connectivity index (χ0) is 15.5. The van der Waals surface area contributed by atoms with Crippen LogP contribution in [0.2, 0.25) is 0 Å². The number of rotatable bonds is 4. The standard InChI is InChI=1S/C13H23N3O4/c1-8(10(17)16(3)4)14-12(20)15-9-6-5-7-13(9,2)11(18)19/h8-9H,5-7H2,1-4H3,(H,18,19)(H2,14,15,20). The van der Waals surface area contributed by atoms with Gasteiger partial charge in [-0.05, 0) is 26.7 Å². The van der Waals surface area contributed by atoms with E-state index in [1.54, 1.807) is 27.9 Å². The summed E-state index contributed by atoms with van der Waals surface area (Å²) in [5.41, 5.74) is -0.938. The summed E-state index contributed by atoms with van der Waals surface area (Å²) in [5.74, 6) is -1.12. The Kier molecular flexibility index (Phi) is 4.97. The van der Waals surface area contributed by atoms with Crippen LogP contribution in [0.4, 0.5) is 4.79 Å². The van der Waals surface area contributed by atoms with Gasteiger partial charge in [-0.1, -0.05) is 6.42 Å². The fourth-order valence-corrected chi connectivity index (χ4v) is 2.50. The smallest absolute Gasteiger partial charge is 0.315 e. The van der Waals surface area contributed by atoms with Gasteiger partial charge in [0, 0.05) is 20.1 Å². The van der Waals surface area contributed by atoms with E-state index in [2.05, 4.69) is 10.6 Å². The van der Waals surface area contributed by atoms with Crippen molar-refractivity contribution >= 4 is 17.9 Å². The zero-order valence-electron chi connectivity index (χ0n) is 12.4. The van der Waals surface area contributed by atoms with Gasteiger partial charge in [-0.3, -0.25) is 9.59 Å². The summed E-state index contributed by atoms with van der Waals surface area (Å²) in [6, 6.07) is -1.57. The molecule has 3 unspecified atom stereocenters. The second-order valence-corrected chi connectivity index (χ2v) is 5.74. The molecule has 0 aromatic carbocycles. The van der Waals surface area contributed by atoms with Crippen molar-refractivity contribution in [2.24, 2.45) is 5.41 Å². The molecule has 3 amide bonds. The molecule has 0 radical (unpaired) electrons. The first-order chi connectivity index (χ1) is 9.18. The number of hydrogen-bond donors (Lipinski definition) is 3. The van der Waals surface area contributed by atoms with Crippen molar-refractivity contribution < 1.29 is 19.5 Å². The van der Waals surface area contributed by atoms with Crippen LogP contribution >= 0.6 is 0 Å². The van der Waals surface area contributed by atoms with E-state index in [4.69, 9.17) is 0 Å². The van der Waals surface area contributed by atoms with Gasteiger partial charge in [0.25, 0.3) is 0 Å². The normalized spacial score (nSPS) is 26.7. The maximum atomic E-state index is 11.9. The number of carbonyl (C=O) groups excluding carboxylic acids is 2. The van der Waals surface area contributed by atoms with Crippen molar-refractivity contribution in [2.45, 2.75) is 45.2 Å². The number of carbonyl (C=O) groups is 3. The predicted molar refractivity (Wildman–Crippen MR) is 73.2 cm³/mol. The van der Waals surface area contributed by atoms with Crippen molar-refractivity contribution in [2.75, 3.05) is 14.1 Å². The molecule has 1 fully saturated rings. The number of likely N-dealkylation sites (N-methyl/N-ethyl adjacent to an activating group) is 1. The fourth-order valence-electron chi connectivity index (χ4n) is 2.50. The van der Waals surface area contributed by atoms with Gasteiger partial charge >= 0.3 is 12.0 Å². The van der Waals surface area contributed by atoms with Crippen LogP contribution in [0.1, 0.15) is 33.1 Å². The first kappa shape index (κ1) is 16.3. The Morgan fingerprint density at radius 1 is 1.35 bits per heavy atom. The number of aliphatic carboxylic acids is 1. The second-order valence-electron chi connectivity index (χ2n) is 5.74. The van der Waals surface area contributed by atoms with Crippen molar-refractivity contribution in [1.82, 2.24) is 15.5 Å². The summed E-state index contributed by atoms with van der Waals surface area (Å²) in [5, 5.41) is 14.5. The van der Waals surface area contributed by atoms with E-state index >= 15 is 0 Å². The quantitative estimate of drug-likeness (QED) is 0.696. The van der Waals surface area contributed by atoms with Gasteiger partial charge in [-0.15, -0.1) is 0 Å². The number of urea groups is 1. The number of nitrogens with one attached hydrogen (secondary N) is 2. The van der Waals surface area contributed by atoms with Gasteiger partial charge < -0.3 is 20.6 Å². The summed E-state index contributed by atoms with van der Waals surface area (Å²) in [4.78, 5) is 36.2. The molecule has 3 N–H and O–H groups in total. The summed E-state index contributed by atoms with van der Waals surface area (Å²) in [6.45, 7) is 3.23. The van der Waals surface area contributed by atoms with E-state index in [0.29, 0.717) is 12.8 Å². The number of carboxylic acids is 1. The summed E-state index contributed by atoms with van der Waals surface area (Å²) >= 11 is 0. The largest absolute Gasteiger partial charge is 0.481 e. The third kappa shape index (κ3) is 3.40. The van der Waals surface area contributed by atoms with Crippen molar-refractivity contribution in [1.29, 1.82) is 0 Å². The van der Waals surface area contributed by atoms with Gasteiger partial charge in [-0.25, -0.2) is 4.79 Å². The van der Waals surface area contributed by atoms with Crippen LogP contribution in [0, 0.1) is 5.41 Å². The molecule has 0 bridgehead atoms. The maximum Gasteiger partial charge on any atom is 0.315 e. The molecular weight excluding hydrogens is 262 g/mol. The Balaban J connectivity index is 2.59. The minimum atomic E-state index is -0.938. The molecule has 0 saturated heterocycles. The minimum Gasteiger partial charge on any atom is -0.481 e. The lowest BCUT2D eigenvalue weighted by Gasteiger charge is -2.28. The van der Waals surface area contributed by atoms with Crippen LogP contribution in [-0.2, 0) is 9.59 Å². The predicted octanol–water partition coefficient (Wildman–Crippen LogP) is 0.406. The Bertz CT molecular complexity index is 410. The maximum absolute atomic E-state index is 11.9. The van der Waals surface area contributed by atoms with E-state index in [0.717, 1.165) is 6.42 Å². The van der Waals surface area contributed by atoms with E-state index < -0.39 is 29.5 Å². The second kappa shape index (κ2) is 6.11. The van der Waals surface area contributed by atoms with Crippen LogP contribution in [-0.4, -0.2) is 54.1 Å². The Labute approximate surface area is 118 Å². The molecule has 7 nitrogen and oxygen atoms in total. The van der Waals surface area contributed by atoms with E-state index in [-0.39, 0.29) is 5.91 Å². The molecule has 0 aromatic heterocycles. The molecule has 7 heteroatoms. The Hall–Kier alpha value is -1.79. The highest BCUT2D eigenvalue weighted by atomic mass is 16.4. The Morgan fingerprint density at radius 2 is 1.95 bits per heavy atom. The summed E-state index contributed by atoms with van der Waals surface area (Å²) in [6.07, 6.45) is 1.94. The SMILES string of the molecule is CC(NC(=O)NC1CCCC1(C)C(=O)O)C(=O)N(C)C. The highest BCUT2D eigenvalue weighted by Crippen LogP contribution is 2.38. The molecule has 0 spiro atoms. The van der Waals surface area contributed by atoms with Crippen LogP contribution in [0.25, 0.3) is 0 Å². The monoisotopic (exact) mass is 285 g/mol. The average molecular weight is 285 g/mol. The lowest BCUT2D eigenvalue weighted by Crippen LogP contribution is -2.54. The molecule has 0 heterocycles. The molecule has 0 aliphatic heterocycles. The third-order valence-electron chi connectivity index (χ3n) is 3.91. The molecule has 0 aromatic rings. The van der Waals surface area contributed by atoms with E-state index in [1.165, 1.54) is 4.90 Å². The number of amides is 3. The molecule has 1 saturated carbocycles. The van der Waals surface area contributed by atoms with Crippen molar-refractivity contribution in [3.8, 4) is 0 Å². The van der Waals surface area contributed by atoms with Crippen LogP contribution in [0.5, 0.6) is 0 Å². The van der Waals surface area contributed by atoms with Gasteiger partial charge in [-0.2, -0.15) is 0 Å². The average Bonchev–Trinajstić information content (AvgIpc) is 2.71. The number of nitrogens with zero attached hydrogens (tertiary/aromatic N) is 1. The molecular formula is C13H23N3O4. The molecule has 1 aliphatic carbocycles. The van der Waals surface area contributed by atoms with Crippen molar-refractivity contribution in [3.63, 3.8) is 0 Å². The zero-order valence-corrected chi connectivity index (χ0v) is 12.4. The van der Waals surface area contributed by atoms with E-state index in [9.17, 15) is 19.5 Å². The van der Waals surface area contributed by atoms with Crippen LogP contribution in [0.15, 0.2) is 0 Å². The molecule has 114 valence electrons. The molecule has 3 atom stereocenters. The molecule has 20 heavy (non-hydrogen) atoms. The topological polar surface area (TPSA) is 98.7 Å². The van der Waals surface area contributed by atoms with Gasteiger partial charge in [0.05, 0.1) is 5.41 Å². The number of hydrogen-bond acceptors (Lipinski definition) is 3. The van der Waals surface area contributed by atoms with Gasteiger partial charge in [0.15, 0.2) is 0 Å². The lowest BCUT2D eigenvalue weighted by molar-refractivity contribution is -0.148. The highest BCUT2D eigenvalue weighted by molar-refractivity contribution is 5.87. The van der Waals surface area contributed by atoms with E-state index in [1.807, 2.05) is 0 Å². The van der Waals surface area contributed by atoms with Crippen LogP contribution in [0.3, 0.4) is 0 Å². The van der Waals surface area contributed by atoms with Gasteiger partial charge in [0.2, 0.25) is 5.91 Å². The minimum absolute atomic E-state index is 0.215. The first-order valence-electron chi connectivity index (χ1n) is 6.70. The Morgan fingerprint density at radius 3 is 2.45 bits per heavy atom. The highest BCUT2D eigenvalue weighted by Gasteiger charge is 2.46. The fraction of sp³-hybridized carbons (Fsp3) is 0.769. The summed E-state index contributed by atoms with van der Waals surface area (Å²) < 4.78 is 0. The molecule has 1 rings (SSSR count). The van der Waals surface area contributed by atoms with Crippen molar-refractivity contribution in [3.05, 3.63) is 0 Å². The lowest BCUT2D eigenvalue weighted by atomic mass is 9.85. The van der Waals surface area contributed by atoms with Crippen LogP contribution < -0.4 is 10.6 Å². The van der Waals surface area contributed by atoms with Gasteiger partial charge in [0.1, 0.15) is 6.04 Å². The summed E-state index contributed by atoms with van der Waals surface area (Å²) in [7, 11) is 3.22. The first-order valence-corrected chi connectivity index (χ1v) is 6.70. The third-order valence-corrected chi connectivity index (χ3v) is 3.91. The number of carboxylic acid groups (broad SMARTS) is 1. The molecule has 1 aliphatic rings.